The van der Waals surface area contributed by atoms with Gasteiger partial charge < -0.3 is 19.7 Å². The molecule has 0 spiro atoms. The molecule has 36 heavy (non-hydrogen) atoms. The van der Waals surface area contributed by atoms with E-state index >= 15 is 0 Å². The standard InChI is InChI=1S/C28H35F3N2O3/c1-27(23-10-7-11-25(36-3)22(23)17-35-2)18-32-16-24(27)26(34)33-13-12-20(19-8-5-4-6-9-19)14-21(33)15-28(29,30)31/h4-11,20-21,24,32H,12-18H2,1-3H3. The van der Waals surface area contributed by atoms with E-state index in [-0.39, 0.29) is 11.8 Å². The molecule has 2 aromatic rings. The molecule has 0 aliphatic carbocycles. The highest BCUT2D eigenvalue weighted by Crippen LogP contribution is 2.43. The zero-order valence-electron chi connectivity index (χ0n) is 21.1. The van der Waals surface area contributed by atoms with Gasteiger partial charge in [0.1, 0.15) is 5.75 Å². The molecular weight excluding hydrogens is 469 g/mol. The highest BCUT2D eigenvalue weighted by molar-refractivity contribution is 5.82. The molecule has 0 radical (unpaired) electrons. The number of piperidine rings is 1. The fraction of sp³-hybridized carbons (Fsp3) is 0.536. The van der Waals surface area contributed by atoms with Crippen LogP contribution in [0.5, 0.6) is 5.75 Å². The molecule has 0 saturated carbocycles. The van der Waals surface area contributed by atoms with Crippen molar-refractivity contribution in [3.05, 3.63) is 65.2 Å². The lowest BCUT2D eigenvalue weighted by atomic mass is 9.71. The maximum Gasteiger partial charge on any atom is 0.391 e. The molecule has 2 fully saturated rings. The van der Waals surface area contributed by atoms with Crippen molar-refractivity contribution >= 4 is 5.91 Å². The monoisotopic (exact) mass is 504 g/mol. The highest BCUT2D eigenvalue weighted by atomic mass is 19.4. The molecule has 4 atom stereocenters. The third-order valence-electron chi connectivity index (χ3n) is 7.90. The molecule has 2 aromatic carbocycles. The van der Waals surface area contributed by atoms with Crippen LogP contribution in [0.4, 0.5) is 13.2 Å². The van der Waals surface area contributed by atoms with Gasteiger partial charge in [0.05, 0.1) is 26.1 Å². The minimum absolute atomic E-state index is 0.00220. The summed E-state index contributed by atoms with van der Waals surface area (Å²) in [5.41, 5.74) is 2.21. The summed E-state index contributed by atoms with van der Waals surface area (Å²) in [4.78, 5) is 15.5. The number of amides is 1. The molecule has 4 unspecified atom stereocenters. The Bertz CT molecular complexity index is 1050. The second-order valence-corrected chi connectivity index (χ2v) is 10.2. The Hall–Kier alpha value is -2.58. The minimum atomic E-state index is -4.35. The minimum Gasteiger partial charge on any atom is -0.496 e. The maximum absolute atomic E-state index is 14.0. The molecule has 4 rings (SSSR count). The molecule has 2 aliphatic heterocycles. The molecule has 1 amide bonds. The van der Waals surface area contributed by atoms with Crippen molar-refractivity contribution in [2.24, 2.45) is 5.92 Å². The number of nitrogens with zero attached hydrogens (tertiary/aromatic N) is 1. The summed E-state index contributed by atoms with van der Waals surface area (Å²) in [5.74, 6) is -0.0339. The Morgan fingerprint density at radius 3 is 2.56 bits per heavy atom. The Kier molecular flexibility index (Phi) is 7.95. The van der Waals surface area contributed by atoms with Gasteiger partial charge in [-0.05, 0) is 36.0 Å². The fourth-order valence-electron chi connectivity index (χ4n) is 6.08. The van der Waals surface area contributed by atoms with Crippen LogP contribution in [-0.2, 0) is 21.6 Å². The Labute approximate surface area is 211 Å². The predicted octanol–water partition coefficient (Wildman–Crippen LogP) is 5.05. The van der Waals surface area contributed by atoms with Crippen molar-refractivity contribution in [3.8, 4) is 5.75 Å². The van der Waals surface area contributed by atoms with E-state index in [1.165, 1.54) is 4.90 Å². The number of likely N-dealkylation sites (tertiary alicyclic amines) is 1. The van der Waals surface area contributed by atoms with Gasteiger partial charge in [-0.25, -0.2) is 0 Å². The van der Waals surface area contributed by atoms with Gasteiger partial charge in [0.25, 0.3) is 0 Å². The molecule has 2 aliphatic rings. The number of methoxy groups -OCH3 is 2. The predicted molar refractivity (Wildman–Crippen MR) is 132 cm³/mol. The van der Waals surface area contributed by atoms with Gasteiger partial charge in [0.2, 0.25) is 5.91 Å². The third-order valence-corrected chi connectivity index (χ3v) is 7.90. The SMILES string of the molecule is COCc1c(OC)cccc1C1(C)CNCC1C(=O)N1CCC(c2ccccc2)CC1CC(F)(F)F. The first-order chi connectivity index (χ1) is 17.2. The zero-order valence-corrected chi connectivity index (χ0v) is 21.1. The van der Waals surface area contributed by atoms with E-state index in [4.69, 9.17) is 9.47 Å². The quantitative estimate of drug-likeness (QED) is 0.574. The normalized spacial score (nSPS) is 26.7. The average molecular weight is 505 g/mol. The van der Waals surface area contributed by atoms with Gasteiger partial charge in [0, 0.05) is 43.8 Å². The second kappa shape index (κ2) is 10.8. The van der Waals surface area contributed by atoms with Crippen LogP contribution in [0, 0.1) is 5.92 Å². The molecule has 0 aromatic heterocycles. The van der Waals surface area contributed by atoms with Crippen molar-refractivity contribution < 1.29 is 27.4 Å². The molecular formula is C28H35F3N2O3. The lowest BCUT2D eigenvalue weighted by Crippen LogP contribution is -2.53. The molecule has 1 N–H and O–H groups in total. The van der Waals surface area contributed by atoms with Crippen molar-refractivity contribution in [1.29, 1.82) is 0 Å². The number of rotatable bonds is 7. The lowest BCUT2D eigenvalue weighted by Gasteiger charge is -2.43. The van der Waals surface area contributed by atoms with E-state index in [2.05, 4.69) is 5.32 Å². The van der Waals surface area contributed by atoms with E-state index in [9.17, 15) is 18.0 Å². The summed E-state index contributed by atoms with van der Waals surface area (Å²) in [6.07, 6.45) is -4.39. The van der Waals surface area contributed by atoms with Crippen LogP contribution in [0.25, 0.3) is 0 Å². The van der Waals surface area contributed by atoms with E-state index in [0.717, 1.165) is 16.7 Å². The summed E-state index contributed by atoms with van der Waals surface area (Å²) in [7, 11) is 3.20. The number of carbonyl (C=O) groups is 1. The van der Waals surface area contributed by atoms with Gasteiger partial charge in [0.15, 0.2) is 0 Å². The van der Waals surface area contributed by atoms with Crippen LogP contribution < -0.4 is 10.1 Å². The molecule has 5 nitrogen and oxygen atoms in total. The number of benzene rings is 2. The number of alkyl halides is 3. The van der Waals surface area contributed by atoms with E-state index in [0.29, 0.717) is 44.8 Å². The molecule has 0 bridgehead atoms. The van der Waals surface area contributed by atoms with Crippen LogP contribution >= 0.6 is 0 Å². The Morgan fingerprint density at radius 2 is 1.89 bits per heavy atom. The first-order valence-corrected chi connectivity index (χ1v) is 12.5. The van der Waals surface area contributed by atoms with Gasteiger partial charge in [-0.3, -0.25) is 4.79 Å². The third kappa shape index (κ3) is 5.39. The largest absolute Gasteiger partial charge is 0.496 e. The van der Waals surface area contributed by atoms with E-state index in [1.54, 1.807) is 14.2 Å². The summed E-state index contributed by atoms with van der Waals surface area (Å²) in [6.45, 7) is 3.59. The van der Waals surface area contributed by atoms with Crippen molar-refractivity contribution in [3.63, 3.8) is 0 Å². The molecule has 8 heteroatoms. The number of carbonyl (C=O) groups excluding carboxylic acids is 1. The van der Waals surface area contributed by atoms with Crippen molar-refractivity contribution in [1.82, 2.24) is 10.2 Å². The summed E-state index contributed by atoms with van der Waals surface area (Å²) in [6, 6.07) is 14.5. The summed E-state index contributed by atoms with van der Waals surface area (Å²) in [5, 5.41) is 3.33. The molecule has 2 saturated heterocycles. The van der Waals surface area contributed by atoms with E-state index < -0.39 is 30.0 Å². The fourth-order valence-corrected chi connectivity index (χ4v) is 6.08. The maximum atomic E-state index is 14.0. The highest BCUT2D eigenvalue weighted by Gasteiger charge is 2.49. The summed E-state index contributed by atoms with van der Waals surface area (Å²) >= 11 is 0. The van der Waals surface area contributed by atoms with Crippen LogP contribution in [-0.4, -0.2) is 56.9 Å². The number of hydrogen-bond acceptors (Lipinski definition) is 4. The van der Waals surface area contributed by atoms with Crippen LogP contribution in [0.1, 0.15) is 48.8 Å². The zero-order chi connectivity index (χ0) is 25.9. The summed E-state index contributed by atoms with van der Waals surface area (Å²) < 4.78 is 51.9. The Morgan fingerprint density at radius 1 is 1.14 bits per heavy atom. The lowest BCUT2D eigenvalue weighted by molar-refractivity contribution is -0.160. The molecule has 196 valence electrons. The average Bonchev–Trinajstić information content (AvgIpc) is 3.26. The van der Waals surface area contributed by atoms with Crippen molar-refractivity contribution in [2.45, 2.75) is 56.3 Å². The van der Waals surface area contributed by atoms with E-state index in [1.807, 2.05) is 55.5 Å². The van der Waals surface area contributed by atoms with Gasteiger partial charge in [-0.1, -0.05) is 49.4 Å². The van der Waals surface area contributed by atoms with Crippen molar-refractivity contribution in [2.75, 3.05) is 33.9 Å². The number of halogens is 3. The number of ether oxygens (including phenoxy) is 2. The first-order valence-electron chi connectivity index (χ1n) is 12.5. The smallest absolute Gasteiger partial charge is 0.391 e. The first kappa shape index (κ1) is 26.5. The van der Waals surface area contributed by atoms with Gasteiger partial charge in [-0.15, -0.1) is 0 Å². The molecule has 2 heterocycles. The number of nitrogens with one attached hydrogen (secondary N) is 1. The second-order valence-electron chi connectivity index (χ2n) is 10.2. The Balaban J connectivity index is 1.64. The van der Waals surface area contributed by atoms with Gasteiger partial charge >= 0.3 is 6.18 Å². The van der Waals surface area contributed by atoms with Crippen LogP contribution in [0.2, 0.25) is 0 Å². The van der Waals surface area contributed by atoms with Crippen LogP contribution in [0.3, 0.4) is 0 Å². The topological polar surface area (TPSA) is 50.8 Å². The van der Waals surface area contributed by atoms with Gasteiger partial charge in [-0.2, -0.15) is 13.2 Å². The van der Waals surface area contributed by atoms with Crippen LogP contribution in [0.15, 0.2) is 48.5 Å². The number of hydrogen-bond donors (Lipinski definition) is 1.